The van der Waals surface area contributed by atoms with Gasteiger partial charge in [0.1, 0.15) is 5.82 Å². The van der Waals surface area contributed by atoms with Crippen LogP contribution in [0.5, 0.6) is 0 Å². The zero-order valence-electron chi connectivity index (χ0n) is 11.6. The summed E-state index contributed by atoms with van der Waals surface area (Å²) < 4.78 is 15.2. The van der Waals surface area contributed by atoms with Crippen LogP contribution in [0.3, 0.4) is 0 Å². The van der Waals surface area contributed by atoms with Crippen molar-refractivity contribution in [1.82, 2.24) is 0 Å². The van der Waals surface area contributed by atoms with E-state index in [0.717, 1.165) is 26.4 Å². The van der Waals surface area contributed by atoms with Crippen LogP contribution in [0.25, 0.3) is 10.8 Å². The number of aryl methyl sites for hydroxylation is 1. The lowest BCUT2D eigenvalue weighted by Crippen LogP contribution is -2.14. The van der Waals surface area contributed by atoms with Crippen molar-refractivity contribution in [2.75, 3.05) is 0 Å². The molecule has 0 aliphatic rings. The van der Waals surface area contributed by atoms with Gasteiger partial charge in [-0.2, -0.15) is 0 Å². The molecule has 0 fully saturated rings. The Morgan fingerprint density at radius 2 is 1.62 bits per heavy atom. The van der Waals surface area contributed by atoms with Gasteiger partial charge in [-0.1, -0.05) is 58.4 Å². The predicted molar refractivity (Wildman–Crippen MR) is 88.8 cm³/mol. The molecule has 0 aromatic heterocycles. The third-order valence-electron chi connectivity index (χ3n) is 3.73. The topological polar surface area (TPSA) is 26.0 Å². The zero-order chi connectivity index (χ0) is 15.0. The first-order valence-electron chi connectivity index (χ1n) is 6.76. The van der Waals surface area contributed by atoms with Crippen LogP contribution in [-0.4, -0.2) is 0 Å². The van der Waals surface area contributed by atoms with Gasteiger partial charge in [0.2, 0.25) is 0 Å². The van der Waals surface area contributed by atoms with Gasteiger partial charge in [-0.3, -0.25) is 0 Å². The second-order valence-corrected chi connectivity index (χ2v) is 6.04. The quantitative estimate of drug-likeness (QED) is 0.688. The van der Waals surface area contributed by atoms with Gasteiger partial charge < -0.3 is 5.73 Å². The fourth-order valence-corrected chi connectivity index (χ4v) is 3.09. The largest absolute Gasteiger partial charge is 0.320 e. The molecular weight excluding hydrogens is 329 g/mol. The van der Waals surface area contributed by atoms with E-state index in [9.17, 15) is 4.39 Å². The number of fused-ring (bicyclic) bond motifs is 1. The van der Waals surface area contributed by atoms with Crippen molar-refractivity contribution in [1.29, 1.82) is 0 Å². The van der Waals surface area contributed by atoms with Gasteiger partial charge >= 0.3 is 0 Å². The van der Waals surface area contributed by atoms with Gasteiger partial charge in [-0.15, -0.1) is 0 Å². The average Bonchev–Trinajstić information content (AvgIpc) is 2.47. The number of hydrogen-bond donors (Lipinski definition) is 1. The molecule has 0 spiro atoms. The van der Waals surface area contributed by atoms with Crippen LogP contribution in [0.2, 0.25) is 0 Å². The molecule has 3 rings (SSSR count). The smallest absolute Gasteiger partial charge is 0.128 e. The van der Waals surface area contributed by atoms with E-state index in [1.54, 1.807) is 6.07 Å². The van der Waals surface area contributed by atoms with E-state index in [0.29, 0.717) is 5.56 Å². The maximum atomic E-state index is 14.2. The second kappa shape index (κ2) is 5.58. The Labute approximate surface area is 131 Å². The minimum atomic E-state index is -0.483. The fourth-order valence-electron chi connectivity index (χ4n) is 2.61. The molecule has 1 unspecified atom stereocenters. The first kappa shape index (κ1) is 14.2. The molecule has 0 saturated carbocycles. The lowest BCUT2D eigenvalue weighted by atomic mass is 9.93. The maximum absolute atomic E-state index is 14.2. The summed E-state index contributed by atoms with van der Waals surface area (Å²) in [6.07, 6.45) is 0. The fraction of sp³-hybridized carbons (Fsp3) is 0.111. The SMILES string of the molecule is Cc1ccc(C(N)c2ccc(Br)c3ccccc23)c(F)c1. The summed E-state index contributed by atoms with van der Waals surface area (Å²) in [5.41, 5.74) is 8.67. The van der Waals surface area contributed by atoms with Crippen LogP contribution in [-0.2, 0) is 0 Å². The molecule has 106 valence electrons. The van der Waals surface area contributed by atoms with E-state index in [4.69, 9.17) is 5.73 Å². The molecule has 2 N–H and O–H groups in total. The van der Waals surface area contributed by atoms with Gasteiger partial charge in [0.15, 0.2) is 0 Å². The second-order valence-electron chi connectivity index (χ2n) is 5.18. The van der Waals surface area contributed by atoms with E-state index in [2.05, 4.69) is 15.9 Å². The predicted octanol–water partition coefficient (Wildman–Crippen LogP) is 5.10. The van der Waals surface area contributed by atoms with Crippen molar-refractivity contribution < 1.29 is 4.39 Å². The van der Waals surface area contributed by atoms with Crippen LogP contribution >= 0.6 is 15.9 Å². The van der Waals surface area contributed by atoms with Gasteiger partial charge in [-0.05, 0) is 41.0 Å². The molecule has 1 atom stereocenters. The molecular formula is C18H15BrFN. The average molecular weight is 344 g/mol. The molecule has 3 aromatic rings. The Balaban J connectivity index is 2.18. The zero-order valence-corrected chi connectivity index (χ0v) is 13.2. The minimum absolute atomic E-state index is 0.255. The lowest BCUT2D eigenvalue weighted by molar-refractivity contribution is 0.599. The molecule has 0 aliphatic carbocycles. The third kappa shape index (κ3) is 2.59. The highest BCUT2D eigenvalue weighted by atomic mass is 79.9. The number of nitrogens with two attached hydrogens (primary N) is 1. The Bertz CT molecular complexity index is 813. The van der Waals surface area contributed by atoms with Gasteiger partial charge in [0.05, 0.1) is 6.04 Å². The van der Waals surface area contributed by atoms with Crippen molar-refractivity contribution in [3.63, 3.8) is 0 Å². The number of rotatable bonds is 2. The molecule has 3 heteroatoms. The van der Waals surface area contributed by atoms with Crippen LogP contribution < -0.4 is 5.73 Å². The summed E-state index contributed by atoms with van der Waals surface area (Å²) in [7, 11) is 0. The number of halogens is 2. The molecule has 3 aromatic carbocycles. The van der Waals surface area contributed by atoms with Crippen molar-refractivity contribution in [2.24, 2.45) is 5.73 Å². The standard InChI is InChI=1S/C18H15BrFN/c1-11-6-7-15(17(20)10-11)18(21)14-8-9-16(19)13-5-3-2-4-12(13)14/h2-10,18H,21H2,1H3. The minimum Gasteiger partial charge on any atom is -0.320 e. The van der Waals surface area contributed by atoms with E-state index < -0.39 is 6.04 Å². The molecule has 0 heterocycles. The Hall–Kier alpha value is -1.71. The summed E-state index contributed by atoms with van der Waals surface area (Å²) in [4.78, 5) is 0. The first-order valence-corrected chi connectivity index (χ1v) is 7.56. The Morgan fingerprint density at radius 1 is 0.952 bits per heavy atom. The van der Waals surface area contributed by atoms with Gasteiger partial charge in [0.25, 0.3) is 0 Å². The van der Waals surface area contributed by atoms with Crippen LogP contribution in [0.1, 0.15) is 22.7 Å². The Morgan fingerprint density at radius 3 is 2.33 bits per heavy atom. The highest BCUT2D eigenvalue weighted by Gasteiger charge is 2.16. The highest BCUT2D eigenvalue weighted by molar-refractivity contribution is 9.10. The molecule has 0 radical (unpaired) electrons. The molecule has 1 nitrogen and oxygen atoms in total. The molecule has 0 amide bonds. The van der Waals surface area contributed by atoms with E-state index >= 15 is 0 Å². The maximum Gasteiger partial charge on any atom is 0.128 e. The van der Waals surface area contributed by atoms with Crippen molar-refractivity contribution in [3.05, 3.63) is 81.6 Å². The summed E-state index contributed by atoms with van der Waals surface area (Å²) in [6.45, 7) is 1.87. The summed E-state index contributed by atoms with van der Waals surface area (Å²) in [5.74, 6) is -0.255. The van der Waals surface area contributed by atoms with Crippen LogP contribution in [0, 0.1) is 12.7 Å². The highest BCUT2D eigenvalue weighted by Crippen LogP contribution is 2.32. The summed E-state index contributed by atoms with van der Waals surface area (Å²) in [5, 5.41) is 2.12. The van der Waals surface area contributed by atoms with E-state index in [1.165, 1.54) is 6.07 Å². The molecule has 0 bridgehead atoms. The first-order chi connectivity index (χ1) is 10.1. The summed E-state index contributed by atoms with van der Waals surface area (Å²) >= 11 is 3.55. The van der Waals surface area contributed by atoms with Crippen molar-refractivity contribution >= 4 is 26.7 Å². The Kier molecular flexibility index (Phi) is 3.79. The summed E-state index contributed by atoms with van der Waals surface area (Å²) in [6, 6.07) is 16.6. The lowest BCUT2D eigenvalue weighted by Gasteiger charge is -2.17. The van der Waals surface area contributed by atoms with Crippen LogP contribution in [0.4, 0.5) is 4.39 Å². The van der Waals surface area contributed by atoms with E-state index in [-0.39, 0.29) is 5.82 Å². The molecule has 0 aliphatic heterocycles. The number of hydrogen-bond acceptors (Lipinski definition) is 1. The normalized spacial score (nSPS) is 12.6. The third-order valence-corrected chi connectivity index (χ3v) is 4.42. The van der Waals surface area contributed by atoms with Gasteiger partial charge in [0, 0.05) is 10.0 Å². The van der Waals surface area contributed by atoms with Gasteiger partial charge in [-0.25, -0.2) is 4.39 Å². The van der Waals surface area contributed by atoms with Crippen molar-refractivity contribution in [3.8, 4) is 0 Å². The molecule has 0 saturated heterocycles. The number of benzene rings is 3. The molecule has 21 heavy (non-hydrogen) atoms. The monoisotopic (exact) mass is 343 g/mol. The van der Waals surface area contributed by atoms with E-state index in [1.807, 2.05) is 49.4 Å². The van der Waals surface area contributed by atoms with Crippen molar-refractivity contribution in [2.45, 2.75) is 13.0 Å². The van der Waals surface area contributed by atoms with Crippen LogP contribution in [0.15, 0.2) is 59.1 Å².